The molecule has 1 amide bonds. The normalized spacial score (nSPS) is 12.4. The molecule has 0 aliphatic carbocycles. The van der Waals surface area contributed by atoms with E-state index in [1.807, 2.05) is 13.8 Å². The van der Waals surface area contributed by atoms with Gasteiger partial charge in [-0.3, -0.25) is 10.2 Å². The predicted molar refractivity (Wildman–Crippen MR) is 118 cm³/mol. The molecule has 2 heterocycles. The molecule has 0 spiro atoms. The van der Waals surface area contributed by atoms with E-state index in [0.29, 0.717) is 30.9 Å². The largest absolute Gasteiger partial charge is 0.417 e. The van der Waals surface area contributed by atoms with Gasteiger partial charge in [0.25, 0.3) is 5.91 Å². The van der Waals surface area contributed by atoms with Crippen molar-refractivity contribution in [2.24, 2.45) is 5.10 Å². The smallest absolute Gasteiger partial charge is 0.368 e. The van der Waals surface area contributed by atoms with Crippen LogP contribution in [0.3, 0.4) is 0 Å². The van der Waals surface area contributed by atoms with Crippen LogP contribution in [0.1, 0.15) is 42.0 Å². The molecule has 32 heavy (non-hydrogen) atoms. The van der Waals surface area contributed by atoms with E-state index in [4.69, 9.17) is 5.41 Å². The van der Waals surface area contributed by atoms with E-state index in [9.17, 15) is 18.0 Å². The van der Waals surface area contributed by atoms with Gasteiger partial charge in [0.2, 0.25) is 0 Å². The molecule has 0 saturated heterocycles. The van der Waals surface area contributed by atoms with Crippen molar-refractivity contribution in [3.05, 3.63) is 47.4 Å². The highest BCUT2D eigenvalue weighted by Gasteiger charge is 2.31. The number of rotatable bonds is 10. The van der Waals surface area contributed by atoms with E-state index in [-0.39, 0.29) is 23.5 Å². The number of anilines is 2. The third kappa shape index (κ3) is 6.50. The van der Waals surface area contributed by atoms with Gasteiger partial charge < -0.3 is 15.6 Å². The molecule has 2 rings (SSSR count). The lowest BCUT2D eigenvalue weighted by Gasteiger charge is -2.30. The predicted octanol–water partition coefficient (Wildman–Crippen LogP) is 4.20. The van der Waals surface area contributed by atoms with Crippen LogP contribution in [-0.4, -0.2) is 52.3 Å². The van der Waals surface area contributed by atoms with Crippen molar-refractivity contribution in [3.63, 3.8) is 0 Å². The summed E-state index contributed by atoms with van der Waals surface area (Å²) in [5.74, 6) is -0.0187. The summed E-state index contributed by atoms with van der Waals surface area (Å²) in [7, 11) is 0. The van der Waals surface area contributed by atoms with Crippen molar-refractivity contribution < 1.29 is 18.0 Å². The van der Waals surface area contributed by atoms with Crippen LogP contribution in [0.25, 0.3) is 0 Å². The molecule has 11 heteroatoms. The third-order valence-corrected chi connectivity index (χ3v) is 4.69. The van der Waals surface area contributed by atoms with Crippen LogP contribution in [0.15, 0.2) is 35.6 Å². The molecule has 172 valence electrons. The average molecular weight is 449 g/mol. The lowest BCUT2D eigenvalue weighted by atomic mass is 10.1. The molecular formula is C21H26F3N7O. The highest BCUT2D eigenvalue weighted by atomic mass is 19.4. The Labute approximate surface area is 184 Å². The zero-order valence-electron chi connectivity index (χ0n) is 18.1. The second-order valence-corrected chi connectivity index (χ2v) is 6.87. The Hall–Kier alpha value is -3.50. The maximum atomic E-state index is 13.3. The number of aryl methyl sites for hydroxylation is 1. The zero-order valence-corrected chi connectivity index (χ0v) is 18.1. The number of nitrogens with zero attached hydrogens (tertiary/aromatic N) is 4. The minimum atomic E-state index is -4.45. The minimum Gasteiger partial charge on any atom is -0.368 e. The van der Waals surface area contributed by atoms with Crippen LogP contribution in [0.4, 0.5) is 24.7 Å². The van der Waals surface area contributed by atoms with Crippen molar-refractivity contribution in [2.45, 2.75) is 39.4 Å². The first-order valence-corrected chi connectivity index (χ1v) is 10.0. The van der Waals surface area contributed by atoms with E-state index >= 15 is 0 Å². The molecule has 0 aliphatic rings. The molecule has 8 nitrogen and oxygen atoms in total. The molecule has 0 radical (unpaired) electrons. The molecular weight excluding hydrogens is 423 g/mol. The molecule has 2 aromatic heterocycles. The molecule has 1 unspecified atom stereocenters. The van der Waals surface area contributed by atoms with Gasteiger partial charge in [0, 0.05) is 37.2 Å². The lowest BCUT2D eigenvalue weighted by Crippen LogP contribution is -2.44. The quantitative estimate of drug-likeness (QED) is 0.372. The summed E-state index contributed by atoms with van der Waals surface area (Å²) in [6.45, 7) is 6.23. The van der Waals surface area contributed by atoms with Crippen molar-refractivity contribution >= 4 is 29.8 Å². The number of hydrogen-bond donors (Lipinski definition) is 3. The van der Waals surface area contributed by atoms with Crippen LogP contribution < -0.4 is 10.7 Å². The Morgan fingerprint density at radius 3 is 2.59 bits per heavy atom. The van der Waals surface area contributed by atoms with Crippen molar-refractivity contribution in [2.75, 3.05) is 23.8 Å². The third-order valence-electron chi connectivity index (χ3n) is 4.69. The highest BCUT2D eigenvalue weighted by molar-refractivity contribution is 6.14. The van der Waals surface area contributed by atoms with Crippen LogP contribution in [0.5, 0.6) is 0 Å². The van der Waals surface area contributed by atoms with Crippen LogP contribution in [0.2, 0.25) is 0 Å². The molecule has 0 fully saturated rings. The Morgan fingerprint density at radius 2 is 2.03 bits per heavy atom. The van der Waals surface area contributed by atoms with Gasteiger partial charge in [0.1, 0.15) is 5.82 Å². The standard InChI is InChI=1S/C21H26F3N7O/c1-4-16(13-27-18-9-7-15(12-26-18)21(22,23)24)31(5-2)20(32)19-17(30-28-11-10-25)8-6-14(3)29-19/h6-12,16,25,30H,4-5,13H2,1-3H3,(H,26,27)/b25-10?,28-11-. The maximum Gasteiger partial charge on any atom is 0.417 e. The van der Waals surface area contributed by atoms with E-state index in [1.54, 1.807) is 24.0 Å². The molecule has 0 bridgehead atoms. The Bertz CT molecular complexity index is 945. The van der Waals surface area contributed by atoms with Crippen molar-refractivity contribution in [3.8, 4) is 0 Å². The maximum absolute atomic E-state index is 13.3. The summed E-state index contributed by atoms with van der Waals surface area (Å²) < 4.78 is 38.1. The number of carbonyl (C=O) groups excluding carboxylic acids is 1. The number of hydrazone groups is 1. The summed E-state index contributed by atoms with van der Waals surface area (Å²) >= 11 is 0. The first kappa shape index (κ1) is 24.8. The fraction of sp³-hybridized carbons (Fsp3) is 0.381. The van der Waals surface area contributed by atoms with Gasteiger partial charge in [-0.15, -0.1) is 0 Å². The highest BCUT2D eigenvalue weighted by Crippen LogP contribution is 2.29. The number of likely N-dealkylation sites (N-methyl/N-ethyl adjacent to an activating group) is 1. The van der Waals surface area contributed by atoms with E-state index in [0.717, 1.165) is 18.5 Å². The Morgan fingerprint density at radius 1 is 1.28 bits per heavy atom. The Balaban J connectivity index is 2.18. The van der Waals surface area contributed by atoms with Gasteiger partial charge in [-0.05, 0) is 44.5 Å². The zero-order chi connectivity index (χ0) is 23.7. The summed E-state index contributed by atoms with van der Waals surface area (Å²) in [4.78, 5) is 23.1. The van der Waals surface area contributed by atoms with Crippen LogP contribution in [-0.2, 0) is 6.18 Å². The van der Waals surface area contributed by atoms with Crippen LogP contribution >= 0.6 is 0 Å². The first-order chi connectivity index (χ1) is 15.2. The summed E-state index contributed by atoms with van der Waals surface area (Å²) in [5.41, 5.74) is 3.16. The number of aromatic nitrogens is 2. The molecule has 3 N–H and O–H groups in total. The van der Waals surface area contributed by atoms with E-state index < -0.39 is 11.7 Å². The second-order valence-electron chi connectivity index (χ2n) is 6.87. The molecule has 0 saturated carbocycles. The number of pyridine rings is 2. The van der Waals surface area contributed by atoms with Gasteiger partial charge in [-0.2, -0.15) is 18.3 Å². The fourth-order valence-electron chi connectivity index (χ4n) is 3.02. The number of hydrogen-bond acceptors (Lipinski definition) is 7. The summed E-state index contributed by atoms with van der Waals surface area (Å²) in [5, 5.41) is 13.9. The summed E-state index contributed by atoms with van der Waals surface area (Å²) in [6, 6.07) is 5.40. The number of nitrogens with one attached hydrogen (secondary N) is 3. The Kier molecular flexibility index (Phi) is 8.68. The van der Waals surface area contributed by atoms with Gasteiger partial charge in [0.05, 0.1) is 17.5 Å². The summed E-state index contributed by atoms with van der Waals surface area (Å²) in [6.07, 6.45) is -0.828. The first-order valence-electron chi connectivity index (χ1n) is 10.0. The molecule has 1 atom stereocenters. The molecule has 0 aromatic carbocycles. The minimum absolute atomic E-state index is 0.195. The van der Waals surface area contributed by atoms with Gasteiger partial charge in [-0.25, -0.2) is 9.97 Å². The molecule has 0 aliphatic heterocycles. The van der Waals surface area contributed by atoms with Crippen molar-refractivity contribution in [1.82, 2.24) is 14.9 Å². The molecule has 2 aromatic rings. The number of alkyl halides is 3. The number of carbonyl (C=O) groups is 1. The van der Waals surface area contributed by atoms with Crippen molar-refractivity contribution in [1.29, 1.82) is 5.41 Å². The van der Waals surface area contributed by atoms with Gasteiger partial charge in [-0.1, -0.05) is 6.92 Å². The average Bonchev–Trinajstić information content (AvgIpc) is 2.77. The number of halogens is 3. The number of amides is 1. The van der Waals surface area contributed by atoms with E-state index in [2.05, 4.69) is 25.8 Å². The second kappa shape index (κ2) is 11.2. The van der Waals surface area contributed by atoms with Gasteiger partial charge >= 0.3 is 6.18 Å². The fourth-order valence-corrected chi connectivity index (χ4v) is 3.02. The SMILES string of the molecule is CCC(CNc1ccc(C(F)(F)F)cn1)N(CC)C(=O)c1nc(C)ccc1N/N=C\C=N. The lowest BCUT2D eigenvalue weighted by molar-refractivity contribution is -0.137. The topological polar surface area (TPSA) is 106 Å². The van der Waals surface area contributed by atoms with E-state index in [1.165, 1.54) is 12.3 Å². The monoisotopic (exact) mass is 449 g/mol. The van der Waals surface area contributed by atoms with Crippen LogP contribution in [0, 0.1) is 12.3 Å². The van der Waals surface area contributed by atoms with Gasteiger partial charge in [0.15, 0.2) is 5.69 Å².